The molecule has 0 amide bonds. The summed E-state index contributed by atoms with van der Waals surface area (Å²) >= 11 is 0. The second-order valence-corrected chi connectivity index (χ2v) is 2.86. The third-order valence-electron chi connectivity index (χ3n) is 1.70. The van der Waals surface area contributed by atoms with Crippen LogP contribution in [-0.2, 0) is 16.0 Å². The topological polar surface area (TPSA) is 59.4 Å². The van der Waals surface area contributed by atoms with E-state index in [1.54, 1.807) is 19.2 Å². The van der Waals surface area contributed by atoms with Crippen LogP contribution >= 0.6 is 0 Å². The molecule has 1 aromatic rings. The summed E-state index contributed by atoms with van der Waals surface area (Å²) in [5.41, 5.74) is 0.832. The predicted octanol–water partition coefficient (Wildman–Crippen LogP) is 1.28. The minimum absolute atomic E-state index is 0.117. The molecule has 0 aliphatic carbocycles. The van der Waals surface area contributed by atoms with E-state index in [0.29, 0.717) is 19.4 Å². The third-order valence-corrected chi connectivity index (χ3v) is 1.70. The second-order valence-electron chi connectivity index (χ2n) is 2.86. The molecule has 0 saturated carbocycles. The number of ether oxygens (including phenoxy) is 1. The average molecular weight is 195 g/mol. The molecule has 0 bridgehead atoms. The van der Waals surface area contributed by atoms with E-state index in [9.17, 15) is 4.79 Å². The maximum Gasteiger partial charge on any atom is 0.306 e. The molecule has 0 aromatic carbocycles. The van der Waals surface area contributed by atoms with E-state index in [1.165, 1.54) is 6.20 Å². The normalized spacial score (nSPS) is 9.79. The Morgan fingerprint density at radius 2 is 2.36 bits per heavy atom. The number of pyridine rings is 1. The maximum absolute atomic E-state index is 11.0. The fraction of sp³-hybridized carbons (Fsp3) is 0.400. The Kier molecular flexibility index (Phi) is 3.91. The molecular weight excluding hydrogens is 182 g/mol. The fourth-order valence-electron chi connectivity index (χ4n) is 1.09. The number of nitrogens with zero attached hydrogens (tertiary/aromatic N) is 1. The Morgan fingerprint density at radius 1 is 1.57 bits per heavy atom. The lowest BCUT2D eigenvalue weighted by atomic mass is 10.1. The average Bonchev–Trinajstić information content (AvgIpc) is 2.15. The quantitative estimate of drug-likeness (QED) is 0.735. The smallest absolute Gasteiger partial charge is 0.306 e. The van der Waals surface area contributed by atoms with Crippen molar-refractivity contribution in [3.63, 3.8) is 0 Å². The van der Waals surface area contributed by atoms with E-state index in [1.807, 2.05) is 0 Å². The summed E-state index contributed by atoms with van der Waals surface area (Å²) in [6.45, 7) is 2.17. The first-order chi connectivity index (χ1) is 6.72. The zero-order chi connectivity index (χ0) is 10.4. The molecule has 4 heteroatoms. The molecular formula is C10H13NO3. The van der Waals surface area contributed by atoms with Gasteiger partial charge in [0.15, 0.2) is 0 Å². The first-order valence-electron chi connectivity index (χ1n) is 4.51. The van der Waals surface area contributed by atoms with Crippen LogP contribution in [0.3, 0.4) is 0 Å². The van der Waals surface area contributed by atoms with Gasteiger partial charge in [-0.25, -0.2) is 0 Å². The molecule has 0 unspecified atom stereocenters. The van der Waals surface area contributed by atoms with E-state index >= 15 is 0 Å². The highest BCUT2D eigenvalue weighted by Gasteiger charge is 2.02. The number of carbonyl (C=O) groups excluding carboxylic acids is 1. The first-order valence-corrected chi connectivity index (χ1v) is 4.51. The summed E-state index contributed by atoms with van der Waals surface area (Å²) < 4.78 is 4.77. The predicted molar refractivity (Wildman–Crippen MR) is 50.9 cm³/mol. The Hall–Kier alpha value is -1.58. The number of carbonyl (C=O) groups is 1. The van der Waals surface area contributed by atoms with Gasteiger partial charge in [-0.1, -0.05) is 0 Å². The number of rotatable bonds is 4. The van der Waals surface area contributed by atoms with Gasteiger partial charge in [0.1, 0.15) is 5.75 Å². The molecule has 0 saturated heterocycles. The summed E-state index contributed by atoms with van der Waals surface area (Å²) in [7, 11) is 0. The van der Waals surface area contributed by atoms with Gasteiger partial charge in [-0.3, -0.25) is 9.78 Å². The minimum Gasteiger partial charge on any atom is -0.506 e. The van der Waals surface area contributed by atoms with Crippen LogP contribution in [0.5, 0.6) is 5.75 Å². The SMILES string of the molecule is CCOC(=O)CCc1cncc(O)c1. The molecule has 1 aromatic heterocycles. The summed E-state index contributed by atoms with van der Waals surface area (Å²) in [5, 5.41) is 9.10. The molecule has 0 aliphatic heterocycles. The molecule has 14 heavy (non-hydrogen) atoms. The van der Waals surface area contributed by atoms with Crippen molar-refractivity contribution in [1.82, 2.24) is 4.98 Å². The number of aryl methyl sites for hydroxylation is 1. The Balaban J connectivity index is 2.41. The molecule has 1 rings (SSSR count). The lowest BCUT2D eigenvalue weighted by Gasteiger charge is -2.01. The highest BCUT2D eigenvalue weighted by Crippen LogP contribution is 2.10. The van der Waals surface area contributed by atoms with Gasteiger partial charge in [-0.2, -0.15) is 0 Å². The molecule has 1 N–H and O–H groups in total. The van der Waals surface area contributed by atoms with Gasteiger partial charge < -0.3 is 9.84 Å². The van der Waals surface area contributed by atoms with Crippen molar-refractivity contribution in [2.75, 3.05) is 6.61 Å². The van der Waals surface area contributed by atoms with Crippen LogP contribution in [0.15, 0.2) is 18.5 Å². The number of hydrogen-bond donors (Lipinski definition) is 1. The molecule has 0 fully saturated rings. The standard InChI is InChI=1S/C10H13NO3/c1-2-14-10(13)4-3-8-5-9(12)7-11-6-8/h5-7,12H,2-4H2,1H3. The minimum atomic E-state index is -0.226. The van der Waals surface area contributed by atoms with Gasteiger partial charge in [0.2, 0.25) is 0 Å². The van der Waals surface area contributed by atoms with Gasteiger partial charge in [-0.05, 0) is 25.0 Å². The van der Waals surface area contributed by atoms with Crippen molar-refractivity contribution in [3.8, 4) is 5.75 Å². The van der Waals surface area contributed by atoms with Crippen molar-refractivity contribution in [2.45, 2.75) is 19.8 Å². The van der Waals surface area contributed by atoms with Crippen LogP contribution < -0.4 is 0 Å². The van der Waals surface area contributed by atoms with Crippen LogP contribution in [0.25, 0.3) is 0 Å². The largest absolute Gasteiger partial charge is 0.506 e. The number of esters is 1. The second kappa shape index (κ2) is 5.21. The summed E-state index contributed by atoms with van der Waals surface area (Å²) in [6, 6.07) is 1.59. The lowest BCUT2D eigenvalue weighted by molar-refractivity contribution is -0.143. The van der Waals surface area contributed by atoms with Crippen molar-refractivity contribution >= 4 is 5.97 Å². The summed E-state index contributed by atoms with van der Waals surface area (Å²) in [5.74, 6) is -0.109. The van der Waals surface area contributed by atoms with Gasteiger partial charge in [0, 0.05) is 12.6 Å². The summed E-state index contributed by atoms with van der Waals surface area (Å²) in [4.78, 5) is 14.8. The van der Waals surface area contributed by atoms with Crippen molar-refractivity contribution < 1.29 is 14.6 Å². The highest BCUT2D eigenvalue weighted by atomic mass is 16.5. The third kappa shape index (κ3) is 3.43. The van der Waals surface area contributed by atoms with Crippen molar-refractivity contribution in [1.29, 1.82) is 0 Å². The van der Waals surface area contributed by atoms with E-state index in [4.69, 9.17) is 9.84 Å². The fourth-order valence-corrected chi connectivity index (χ4v) is 1.09. The van der Waals surface area contributed by atoms with Gasteiger partial charge in [0.25, 0.3) is 0 Å². The van der Waals surface area contributed by atoms with Crippen molar-refractivity contribution in [3.05, 3.63) is 24.0 Å². The summed E-state index contributed by atoms with van der Waals surface area (Å²) in [6.07, 6.45) is 3.84. The number of aromatic hydroxyl groups is 1. The molecule has 76 valence electrons. The first kappa shape index (κ1) is 10.5. The van der Waals surface area contributed by atoms with E-state index < -0.39 is 0 Å². The number of hydrogen-bond acceptors (Lipinski definition) is 4. The van der Waals surface area contributed by atoms with Crippen LogP contribution in [0.4, 0.5) is 0 Å². The molecule has 4 nitrogen and oxygen atoms in total. The Bertz CT molecular complexity index is 312. The zero-order valence-corrected chi connectivity index (χ0v) is 8.06. The van der Waals surface area contributed by atoms with Gasteiger partial charge >= 0.3 is 5.97 Å². The number of aromatic nitrogens is 1. The maximum atomic E-state index is 11.0. The van der Waals surface area contributed by atoms with Crippen molar-refractivity contribution in [2.24, 2.45) is 0 Å². The highest BCUT2D eigenvalue weighted by molar-refractivity contribution is 5.69. The van der Waals surface area contributed by atoms with Gasteiger partial charge in [0.05, 0.1) is 12.8 Å². The van der Waals surface area contributed by atoms with Crippen LogP contribution in [0, 0.1) is 0 Å². The van der Waals surface area contributed by atoms with Gasteiger partial charge in [-0.15, -0.1) is 0 Å². The van der Waals surface area contributed by atoms with E-state index in [2.05, 4.69) is 4.98 Å². The van der Waals surface area contributed by atoms with E-state index in [-0.39, 0.29) is 11.7 Å². The monoisotopic (exact) mass is 195 g/mol. The molecule has 0 atom stereocenters. The zero-order valence-electron chi connectivity index (χ0n) is 8.06. The van der Waals surface area contributed by atoms with E-state index in [0.717, 1.165) is 5.56 Å². The van der Waals surface area contributed by atoms with Crippen LogP contribution in [0.2, 0.25) is 0 Å². The lowest BCUT2D eigenvalue weighted by Crippen LogP contribution is -2.05. The molecule has 1 heterocycles. The molecule has 0 spiro atoms. The Morgan fingerprint density at radius 3 is 3.00 bits per heavy atom. The Labute approximate surface area is 82.5 Å². The molecule has 0 radical (unpaired) electrons. The van der Waals surface area contributed by atoms with Crippen LogP contribution in [0.1, 0.15) is 18.9 Å². The van der Waals surface area contributed by atoms with Crippen LogP contribution in [-0.4, -0.2) is 22.7 Å². The molecule has 0 aliphatic rings.